The molecule has 0 aromatic heterocycles. The van der Waals surface area contributed by atoms with Crippen molar-refractivity contribution in [2.75, 3.05) is 6.54 Å². The number of amides is 3. The summed E-state index contributed by atoms with van der Waals surface area (Å²) in [5.74, 6) is -1.09. The third kappa shape index (κ3) is 3.41. The van der Waals surface area contributed by atoms with Gasteiger partial charge in [-0.2, -0.15) is 5.01 Å². The second kappa shape index (κ2) is 5.87. The molecule has 1 aliphatic heterocycles. The Labute approximate surface area is 135 Å². The van der Waals surface area contributed by atoms with Crippen molar-refractivity contribution in [2.24, 2.45) is 0 Å². The molecule has 0 spiro atoms. The first-order valence-corrected chi connectivity index (χ1v) is 7.24. The number of carbonyl (C=O) groups excluding carboxylic acids is 3. The summed E-state index contributed by atoms with van der Waals surface area (Å²) in [6.45, 7) is 10.6. The van der Waals surface area contributed by atoms with Crippen molar-refractivity contribution < 1.29 is 19.1 Å². The van der Waals surface area contributed by atoms with Gasteiger partial charge in [0.25, 0.3) is 11.8 Å². The Morgan fingerprint density at radius 3 is 2.04 bits per heavy atom. The molecule has 1 aliphatic rings. The zero-order chi connectivity index (χ0) is 17.4. The van der Waals surface area contributed by atoms with Crippen LogP contribution in [0.25, 0.3) is 0 Å². The minimum atomic E-state index is -0.769. The first-order chi connectivity index (χ1) is 10.6. The highest BCUT2D eigenvalue weighted by Crippen LogP contribution is 2.25. The molecular weight excluding hydrogens is 296 g/mol. The SMILES string of the molecule is C=C(C)CN(C(=O)OC(C)(C)C)N1C(=O)c2ccccc2C1=O. The van der Waals surface area contributed by atoms with Crippen LogP contribution in [-0.2, 0) is 4.74 Å². The molecule has 0 atom stereocenters. The topological polar surface area (TPSA) is 66.9 Å². The summed E-state index contributed by atoms with van der Waals surface area (Å²) in [4.78, 5) is 37.5. The smallest absolute Gasteiger partial charge is 0.430 e. The highest BCUT2D eigenvalue weighted by atomic mass is 16.6. The van der Waals surface area contributed by atoms with E-state index in [1.165, 1.54) is 0 Å². The monoisotopic (exact) mass is 316 g/mol. The van der Waals surface area contributed by atoms with Crippen LogP contribution in [-0.4, -0.2) is 40.1 Å². The molecule has 2 rings (SSSR count). The molecule has 0 saturated carbocycles. The van der Waals surface area contributed by atoms with E-state index in [1.807, 2.05) is 0 Å². The largest absolute Gasteiger partial charge is 0.442 e. The molecule has 1 aromatic rings. The molecule has 0 aliphatic carbocycles. The third-order valence-electron chi connectivity index (χ3n) is 3.04. The van der Waals surface area contributed by atoms with E-state index >= 15 is 0 Å². The number of ether oxygens (including phenoxy) is 1. The van der Waals surface area contributed by atoms with Crippen molar-refractivity contribution in [3.8, 4) is 0 Å². The standard InChI is InChI=1S/C17H20N2O4/c1-11(2)10-18(16(22)23-17(3,4)5)19-14(20)12-8-6-7-9-13(12)15(19)21/h6-9H,1,10H2,2-5H3. The van der Waals surface area contributed by atoms with Gasteiger partial charge in [-0.3, -0.25) is 9.59 Å². The molecule has 0 bridgehead atoms. The number of fused-ring (bicyclic) bond motifs is 1. The van der Waals surface area contributed by atoms with Crippen molar-refractivity contribution >= 4 is 17.9 Å². The summed E-state index contributed by atoms with van der Waals surface area (Å²) >= 11 is 0. The van der Waals surface area contributed by atoms with Gasteiger partial charge in [0.15, 0.2) is 0 Å². The molecule has 6 nitrogen and oxygen atoms in total. The molecule has 6 heteroatoms. The van der Waals surface area contributed by atoms with Crippen LogP contribution in [0.3, 0.4) is 0 Å². The molecule has 23 heavy (non-hydrogen) atoms. The van der Waals surface area contributed by atoms with Crippen LogP contribution in [0.4, 0.5) is 4.79 Å². The Balaban J connectivity index is 2.38. The van der Waals surface area contributed by atoms with Gasteiger partial charge in [0.05, 0.1) is 17.7 Å². The summed E-state index contributed by atoms with van der Waals surface area (Å²) in [5.41, 5.74) is 0.413. The first kappa shape index (κ1) is 16.7. The maximum Gasteiger partial charge on any atom is 0.430 e. The summed E-state index contributed by atoms with van der Waals surface area (Å²) in [6, 6.07) is 6.46. The van der Waals surface area contributed by atoms with Crippen LogP contribution in [0.2, 0.25) is 0 Å². The lowest BCUT2D eigenvalue weighted by molar-refractivity contribution is -0.0254. The summed E-state index contributed by atoms with van der Waals surface area (Å²) in [5, 5.41) is 1.83. The van der Waals surface area contributed by atoms with Gasteiger partial charge in [0, 0.05) is 0 Å². The highest BCUT2D eigenvalue weighted by molar-refractivity contribution is 6.21. The van der Waals surface area contributed by atoms with E-state index in [0.29, 0.717) is 5.57 Å². The summed E-state index contributed by atoms with van der Waals surface area (Å²) < 4.78 is 5.31. The van der Waals surface area contributed by atoms with Crippen LogP contribution in [0.5, 0.6) is 0 Å². The molecule has 1 heterocycles. The third-order valence-corrected chi connectivity index (χ3v) is 3.04. The fourth-order valence-corrected chi connectivity index (χ4v) is 2.18. The molecule has 0 saturated heterocycles. The first-order valence-electron chi connectivity index (χ1n) is 7.24. The maximum atomic E-state index is 12.5. The minimum absolute atomic E-state index is 0.0143. The zero-order valence-corrected chi connectivity index (χ0v) is 13.8. The lowest BCUT2D eigenvalue weighted by Gasteiger charge is -2.32. The fraction of sp³-hybridized carbons (Fsp3) is 0.353. The number of rotatable bonds is 3. The van der Waals surface area contributed by atoms with Crippen LogP contribution in [0, 0.1) is 0 Å². The van der Waals surface area contributed by atoms with Crippen molar-refractivity contribution in [3.63, 3.8) is 0 Å². The van der Waals surface area contributed by atoms with Crippen LogP contribution in [0.1, 0.15) is 48.4 Å². The van der Waals surface area contributed by atoms with Gasteiger partial charge in [0.1, 0.15) is 5.60 Å². The molecule has 0 radical (unpaired) electrons. The van der Waals surface area contributed by atoms with Crippen molar-refractivity contribution in [2.45, 2.75) is 33.3 Å². The van der Waals surface area contributed by atoms with E-state index in [1.54, 1.807) is 52.0 Å². The Bertz CT molecular complexity index is 653. The van der Waals surface area contributed by atoms with Crippen LogP contribution < -0.4 is 0 Å². The van der Waals surface area contributed by atoms with Crippen molar-refractivity contribution in [1.29, 1.82) is 0 Å². The van der Waals surface area contributed by atoms with Gasteiger partial charge >= 0.3 is 6.09 Å². The maximum absolute atomic E-state index is 12.5. The Kier molecular flexibility index (Phi) is 4.27. The van der Waals surface area contributed by atoms with Crippen molar-refractivity contribution in [1.82, 2.24) is 10.0 Å². The lowest BCUT2D eigenvalue weighted by Crippen LogP contribution is -2.51. The Morgan fingerprint density at radius 2 is 1.65 bits per heavy atom. The second-order valence-corrected chi connectivity index (χ2v) is 6.46. The number of hydrazine groups is 1. The number of imide groups is 1. The normalized spacial score (nSPS) is 13.8. The number of hydrogen-bond acceptors (Lipinski definition) is 4. The Morgan fingerprint density at radius 1 is 1.17 bits per heavy atom. The molecule has 0 fully saturated rings. The summed E-state index contributed by atoms with van der Waals surface area (Å²) in [6.07, 6.45) is -0.769. The van der Waals surface area contributed by atoms with Gasteiger partial charge in [-0.05, 0) is 39.8 Å². The predicted octanol–water partition coefficient (Wildman–Crippen LogP) is 3.01. The average molecular weight is 316 g/mol. The van der Waals surface area contributed by atoms with Crippen LogP contribution in [0.15, 0.2) is 36.4 Å². The molecule has 3 amide bonds. The second-order valence-electron chi connectivity index (χ2n) is 6.46. The number of nitrogens with zero attached hydrogens (tertiary/aromatic N) is 2. The molecular formula is C17H20N2O4. The van der Waals surface area contributed by atoms with E-state index in [-0.39, 0.29) is 17.7 Å². The highest BCUT2D eigenvalue weighted by Gasteiger charge is 2.42. The van der Waals surface area contributed by atoms with Gasteiger partial charge < -0.3 is 4.74 Å². The van der Waals surface area contributed by atoms with E-state index in [9.17, 15) is 14.4 Å². The molecule has 1 aromatic carbocycles. The van der Waals surface area contributed by atoms with Gasteiger partial charge in [-0.25, -0.2) is 9.80 Å². The van der Waals surface area contributed by atoms with Gasteiger partial charge in [0.2, 0.25) is 0 Å². The van der Waals surface area contributed by atoms with Gasteiger partial charge in [-0.15, -0.1) is 0 Å². The average Bonchev–Trinajstić information content (AvgIpc) is 2.67. The number of carbonyl (C=O) groups is 3. The van der Waals surface area contributed by atoms with E-state index in [2.05, 4.69) is 6.58 Å². The lowest BCUT2D eigenvalue weighted by atomic mass is 10.1. The number of hydrogen-bond donors (Lipinski definition) is 0. The molecule has 122 valence electrons. The molecule has 0 unspecified atom stereocenters. The van der Waals surface area contributed by atoms with E-state index < -0.39 is 23.5 Å². The van der Waals surface area contributed by atoms with E-state index in [0.717, 1.165) is 10.0 Å². The van der Waals surface area contributed by atoms with Crippen molar-refractivity contribution in [3.05, 3.63) is 47.5 Å². The zero-order valence-electron chi connectivity index (χ0n) is 13.8. The fourth-order valence-electron chi connectivity index (χ4n) is 2.18. The quantitative estimate of drug-likeness (QED) is 0.635. The van der Waals surface area contributed by atoms with E-state index in [4.69, 9.17) is 4.74 Å². The van der Waals surface area contributed by atoms with Gasteiger partial charge in [-0.1, -0.05) is 24.3 Å². The molecule has 0 N–H and O–H groups in total. The minimum Gasteiger partial charge on any atom is -0.442 e. The summed E-state index contributed by atoms with van der Waals surface area (Å²) in [7, 11) is 0. The number of benzene rings is 1. The predicted molar refractivity (Wildman–Crippen MR) is 84.7 cm³/mol. The van der Waals surface area contributed by atoms with Crippen LogP contribution >= 0.6 is 0 Å². The Hall–Kier alpha value is -2.63.